The highest BCUT2D eigenvalue weighted by molar-refractivity contribution is 7.14. The number of hydrogen-bond acceptors (Lipinski definition) is 4. The van der Waals surface area contributed by atoms with Gasteiger partial charge in [0, 0.05) is 37.3 Å². The number of fused-ring (bicyclic) bond motifs is 1. The van der Waals surface area contributed by atoms with Crippen molar-refractivity contribution in [2.24, 2.45) is 0 Å². The van der Waals surface area contributed by atoms with E-state index < -0.39 is 0 Å². The van der Waals surface area contributed by atoms with Gasteiger partial charge >= 0.3 is 0 Å². The van der Waals surface area contributed by atoms with E-state index in [1.54, 1.807) is 23.6 Å². The third-order valence-electron chi connectivity index (χ3n) is 4.61. The monoisotopic (exact) mass is 381 g/mol. The van der Waals surface area contributed by atoms with Crippen molar-refractivity contribution in [1.29, 1.82) is 0 Å². The van der Waals surface area contributed by atoms with Crippen LogP contribution in [0.3, 0.4) is 0 Å². The molecule has 0 N–H and O–H groups in total. The Hall–Kier alpha value is -1.30. The van der Waals surface area contributed by atoms with Crippen molar-refractivity contribution < 1.29 is 4.79 Å². The number of piperazine rings is 1. The molecule has 1 amide bonds. The van der Waals surface area contributed by atoms with E-state index >= 15 is 0 Å². The van der Waals surface area contributed by atoms with Gasteiger partial charge < -0.3 is 9.80 Å². The number of anilines is 1. The minimum atomic E-state index is 0.157. The average Bonchev–Trinajstić information content (AvgIpc) is 3.16. The summed E-state index contributed by atoms with van der Waals surface area (Å²) in [5.74, 6) is 0.896. The first-order valence-corrected chi connectivity index (χ1v) is 9.66. The van der Waals surface area contributed by atoms with Gasteiger partial charge in [-0.05, 0) is 37.0 Å². The number of amides is 1. The molecule has 0 bridgehead atoms. The lowest BCUT2D eigenvalue weighted by Crippen LogP contribution is -2.49. The SMILES string of the molecule is O=C(c1cc2c(s1)CCC2)N1CCN(c2ncc(Cl)cc2Cl)CC1. The molecule has 0 spiro atoms. The zero-order valence-electron chi connectivity index (χ0n) is 13.1. The summed E-state index contributed by atoms with van der Waals surface area (Å²) < 4.78 is 0. The quantitative estimate of drug-likeness (QED) is 0.791. The molecule has 1 aliphatic carbocycles. The highest BCUT2D eigenvalue weighted by Crippen LogP contribution is 2.32. The smallest absolute Gasteiger partial charge is 0.264 e. The first kappa shape index (κ1) is 16.2. The van der Waals surface area contributed by atoms with Crippen LogP contribution in [0, 0.1) is 0 Å². The fourth-order valence-corrected chi connectivity index (χ4v) is 5.07. The molecule has 0 atom stereocenters. The molecule has 0 aromatic carbocycles. The van der Waals surface area contributed by atoms with Crippen molar-refractivity contribution in [3.63, 3.8) is 0 Å². The van der Waals surface area contributed by atoms with Crippen LogP contribution < -0.4 is 4.90 Å². The van der Waals surface area contributed by atoms with Crippen LogP contribution in [0.15, 0.2) is 18.3 Å². The van der Waals surface area contributed by atoms with Crippen molar-refractivity contribution in [2.75, 3.05) is 31.1 Å². The van der Waals surface area contributed by atoms with Crippen LogP contribution >= 0.6 is 34.5 Å². The second-order valence-corrected chi connectivity index (χ2v) is 8.13. The molecule has 0 radical (unpaired) electrons. The zero-order valence-corrected chi connectivity index (χ0v) is 15.4. The fraction of sp³-hybridized carbons (Fsp3) is 0.412. The van der Waals surface area contributed by atoms with Crippen LogP contribution in [0.2, 0.25) is 10.0 Å². The van der Waals surface area contributed by atoms with Gasteiger partial charge in [-0.2, -0.15) is 0 Å². The molecular formula is C17H17Cl2N3OS. The third-order valence-corrected chi connectivity index (χ3v) is 6.32. The van der Waals surface area contributed by atoms with Crippen molar-refractivity contribution in [3.05, 3.63) is 43.7 Å². The molecule has 2 aromatic rings. The van der Waals surface area contributed by atoms with Gasteiger partial charge in [-0.25, -0.2) is 4.98 Å². The van der Waals surface area contributed by atoms with E-state index in [1.807, 2.05) is 4.90 Å². The normalized spacial score (nSPS) is 17.2. The summed E-state index contributed by atoms with van der Waals surface area (Å²) in [6.45, 7) is 2.82. The van der Waals surface area contributed by atoms with Crippen LogP contribution in [0.25, 0.3) is 0 Å². The Morgan fingerprint density at radius 2 is 1.92 bits per heavy atom. The summed E-state index contributed by atoms with van der Waals surface area (Å²) in [6.07, 6.45) is 5.08. The number of hydrogen-bond donors (Lipinski definition) is 0. The second kappa shape index (κ2) is 6.54. The van der Waals surface area contributed by atoms with Crippen LogP contribution in [-0.2, 0) is 12.8 Å². The Bertz CT molecular complexity index is 763. The van der Waals surface area contributed by atoms with Gasteiger partial charge in [0.15, 0.2) is 0 Å². The van der Waals surface area contributed by atoms with E-state index in [0.29, 0.717) is 23.1 Å². The van der Waals surface area contributed by atoms with E-state index in [2.05, 4.69) is 16.0 Å². The standard InChI is InChI=1S/C17H17Cl2N3OS/c18-12-9-13(19)16(20-10-12)21-4-6-22(7-5-21)17(23)15-8-11-2-1-3-14(11)24-15/h8-10H,1-7H2. The Kier molecular flexibility index (Phi) is 4.41. The highest BCUT2D eigenvalue weighted by atomic mass is 35.5. The van der Waals surface area contributed by atoms with Crippen molar-refractivity contribution >= 4 is 46.3 Å². The van der Waals surface area contributed by atoms with Gasteiger partial charge in [0.05, 0.1) is 14.9 Å². The summed E-state index contributed by atoms with van der Waals surface area (Å²) in [5.41, 5.74) is 1.37. The summed E-state index contributed by atoms with van der Waals surface area (Å²) in [6, 6.07) is 3.80. The number of halogens is 2. The number of nitrogens with zero attached hydrogens (tertiary/aromatic N) is 3. The second-order valence-electron chi connectivity index (χ2n) is 6.15. The summed E-state index contributed by atoms with van der Waals surface area (Å²) in [5, 5.41) is 1.08. The largest absolute Gasteiger partial charge is 0.352 e. The summed E-state index contributed by atoms with van der Waals surface area (Å²) in [4.78, 5) is 23.4. The molecule has 24 heavy (non-hydrogen) atoms. The number of pyridine rings is 1. The van der Waals surface area contributed by atoms with Crippen LogP contribution in [0.1, 0.15) is 26.5 Å². The molecule has 1 saturated heterocycles. The predicted octanol–water partition coefficient (Wildman–Crippen LogP) is 3.90. The molecule has 0 unspecified atom stereocenters. The highest BCUT2D eigenvalue weighted by Gasteiger charge is 2.26. The molecule has 1 fully saturated rings. The molecule has 126 valence electrons. The molecule has 2 aromatic heterocycles. The van der Waals surface area contributed by atoms with Crippen LogP contribution in [-0.4, -0.2) is 42.0 Å². The van der Waals surface area contributed by atoms with Gasteiger partial charge in [0.1, 0.15) is 5.82 Å². The maximum atomic E-state index is 12.7. The zero-order chi connectivity index (χ0) is 16.7. The molecular weight excluding hydrogens is 365 g/mol. The number of carbonyl (C=O) groups excluding carboxylic acids is 1. The van der Waals surface area contributed by atoms with Gasteiger partial charge in [0.2, 0.25) is 0 Å². The van der Waals surface area contributed by atoms with Crippen LogP contribution in [0.5, 0.6) is 0 Å². The van der Waals surface area contributed by atoms with Gasteiger partial charge in [-0.3, -0.25) is 4.79 Å². The number of carbonyl (C=O) groups is 1. The molecule has 4 nitrogen and oxygen atoms in total. The number of rotatable bonds is 2. The van der Waals surface area contributed by atoms with Gasteiger partial charge in [-0.15, -0.1) is 11.3 Å². The molecule has 1 aliphatic heterocycles. The summed E-state index contributed by atoms with van der Waals surface area (Å²) >= 11 is 13.8. The van der Waals surface area contributed by atoms with Crippen LogP contribution in [0.4, 0.5) is 5.82 Å². The number of aryl methyl sites for hydroxylation is 2. The number of thiophene rings is 1. The Labute approximate surface area is 155 Å². The molecule has 7 heteroatoms. The predicted molar refractivity (Wildman–Crippen MR) is 98.7 cm³/mol. The minimum Gasteiger partial charge on any atom is -0.352 e. The van der Waals surface area contributed by atoms with Crippen molar-refractivity contribution in [2.45, 2.75) is 19.3 Å². The van der Waals surface area contributed by atoms with E-state index in [1.165, 1.54) is 16.9 Å². The lowest BCUT2D eigenvalue weighted by Gasteiger charge is -2.35. The van der Waals surface area contributed by atoms with E-state index in [9.17, 15) is 4.79 Å². The Morgan fingerprint density at radius 1 is 1.12 bits per heavy atom. The molecule has 0 saturated carbocycles. The molecule has 3 heterocycles. The fourth-order valence-electron chi connectivity index (χ4n) is 3.35. The summed E-state index contributed by atoms with van der Waals surface area (Å²) in [7, 11) is 0. The first-order valence-electron chi connectivity index (χ1n) is 8.08. The molecule has 4 rings (SSSR count). The van der Waals surface area contributed by atoms with Crippen molar-refractivity contribution in [3.8, 4) is 0 Å². The van der Waals surface area contributed by atoms with E-state index in [-0.39, 0.29) is 5.91 Å². The maximum Gasteiger partial charge on any atom is 0.264 e. The van der Waals surface area contributed by atoms with Gasteiger partial charge in [0.25, 0.3) is 5.91 Å². The van der Waals surface area contributed by atoms with Gasteiger partial charge in [-0.1, -0.05) is 23.2 Å². The topological polar surface area (TPSA) is 36.4 Å². The Balaban J connectivity index is 1.42. The maximum absolute atomic E-state index is 12.7. The average molecular weight is 382 g/mol. The van der Waals surface area contributed by atoms with E-state index in [4.69, 9.17) is 23.2 Å². The first-order chi connectivity index (χ1) is 11.6. The number of aromatic nitrogens is 1. The Morgan fingerprint density at radius 3 is 2.62 bits per heavy atom. The molecule has 2 aliphatic rings. The minimum absolute atomic E-state index is 0.157. The lowest BCUT2D eigenvalue weighted by atomic mass is 10.2. The third kappa shape index (κ3) is 3.01. The van der Waals surface area contributed by atoms with E-state index in [0.717, 1.165) is 36.6 Å². The lowest BCUT2D eigenvalue weighted by molar-refractivity contribution is 0.0751. The van der Waals surface area contributed by atoms with Crippen molar-refractivity contribution in [1.82, 2.24) is 9.88 Å².